The number of amides is 3. The number of anilines is 2. The number of hydrogen-bond donors (Lipinski definition) is 1. The Hall–Kier alpha value is -4.01. The monoisotopic (exact) mass is 488 g/mol. The number of nitrogens with zero attached hydrogens (tertiary/aromatic N) is 5. The van der Waals surface area contributed by atoms with E-state index in [2.05, 4.69) is 15.0 Å². The second-order valence-corrected chi connectivity index (χ2v) is 10.00. The fourth-order valence-electron chi connectivity index (χ4n) is 4.41. The van der Waals surface area contributed by atoms with Crippen LogP contribution in [0.1, 0.15) is 56.5 Å². The summed E-state index contributed by atoms with van der Waals surface area (Å²) in [5.74, 6) is 0.305. The number of benzene rings is 1. The zero-order valence-electron chi connectivity index (χ0n) is 21.4. The average molecular weight is 489 g/mol. The molecule has 1 saturated heterocycles. The van der Waals surface area contributed by atoms with Crippen molar-refractivity contribution in [2.45, 2.75) is 59.1 Å². The average Bonchev–Trinajstić information content (AvgIpc) is 3.29. The number of nitrogens with two attached hydrogens (primary N) is 1. The highest BCUT2D eigenvalue weighted by Gasteiger charge is 2.34. The highest BCUT2D eigenvalue weighted by atomic mass is 16.6. The molecule has 1 aromatic carbocycles. The number of carbonyl (C=O) groups is 2. The number of carbonyl (C=O) groups excluding carboxylic acids is 2. The molecular weight excluding hydrogens is 456 g/mol. The molecule has 2 N–H and O–H groups in total. The summed E-state index contributed by atoms with van der Waals surface area (Å²) in [4.78, 5) is 41.3. The first-order chi connectivity index (χ1) is 17.0. The van der Waals surface area contributed by atoms with Gasteiger partial charge in [0.05, 0.1) is 36.0 Å². The molecule has 2 aromatic heterocycles. The number of ether oxygens (including phenoxy) is 1. The molecule has 188 valence electrons. The lowest BCUT2D eigenvalue weighted by Crippen LogP contribution is -2.36. The quantitative estimate of drug-likeness (QED) is 0.523. The van der Waals surface area contributed by atoms with Gasteiger partial charge in [-0.05, 0) is 76.8 Å². The van der Waals surface area contributed by atoms with E-state index in [0.717, 1.165) is 35.2 Å². The van der Waals surface area contributed by atoms with E-state index >= 15 is 0 Å². The topological polar surface area (TPSA) is 115 Å². The largest absolute Gasteiger partial charge is 0.444 e. The Labute approximate surface area is 211 Å². The Morgan fingerprint density at radius 2 is 1.89 bits per heavy atom. The summed E-state index contributed by atoms with van der Waals surface area (Å²) in [6.07, 6.45) is 6.23. The first kappa shape index (κ1) is 25.1. The molecule has 3 heterocycles. The zero-order chi connectivity index (χ0) is 26.0. The van der Waals surface area contributed by atoms with Crippen LogP contribution in [0.2, 0.25) is 0 Å². The summed E-state index contributed by atoms with van der Waals surface area (Å²) in [5, 5.41) is 0. The number of rotatable bonds is 4. The standard InChI is InChI=1S/C27H32N6O3/c1-17-13-19(9-11-21(17)23-7-6-12-32(23)26(35)36-27(3,4)5)22-15-29-16-24(31-22)33(25(28)34)20-10-8-18(2)30-14-20/h8-11,13-16,23H,6-7,12H2,1-5H3,(H2,28,34). The molecule has 3 amide bonds. The van der Waals surface area contributed by atoms with Crippen molar-refractivity contribution in [1.82, 2.24) is 19.9 Å². The maximum absolute atomic E-state index is 12.8. The third kappa shape index (κ3) is 5.45. The van der Waals surface area contributed by atoms with Crippen molar-refractivity contribution < 1.29 is 14.3 Å². The SMILES string of the molecule is Cc1ccc(N(C(N)=O)c2cncc(-c3ccc(C4CCCN4C(=O)OC(C)(C)C)c(C)c3)n2)cn1. The van der Waals surface area contributed by atoms with Crippen molar-refractivity contribution in [3.05, 3.63) is 65.7 Å². The normalized spacial score (nSPS) is 15.6. The van der Waals surface area contributed by atoms with Gasteiger partial charge in [-0.1, -0.05) is 12.1 Å². The molecule has 1 aliphatic rings. The molecule has 0 aliphatic carbocycles. The summed E-state index contributed by atoms with van der Waals surface area (Å²) < 4.78 is 5.63. The summed E-state index contributed by atoms with van der Waals surface area (Å²) in [5.41, 5.74) is 10.0. The summed E-state index contributed by atoms with van der Waals surface area (Å²) in [7, 11) is 0. The molecule has 0 saturated carbocycles. The van der Waals surface area contributed by atoms with Crippen LogP contribution in [0.4, 0.5) is 21.1 Å². The Kier molecular flexibility index (Phi) is 6.92. The molecule has 9 heteroatoms. The van der Waals surface area contributed by atoms with Crippen LogP contribution in [0.25, 0.3) is 11.3 Å². The van der Waals surface area contributed by atoms with E-state index in [0.29, 0.717) is 23.7 Å². The molecule has 1 atom stereocenters. The second kappa shape index (κ2) is 9.93. The third-order valence-electron chi connectivity index (χ3n) is 6.03. The van der Waals surface area contributed by atoms with E-state index in [4.69, 9.17) is 10.5 Å². The smallest absolute Gasteiger partial charge is 0.410 e. The fourth-order valence-corrected chi connectivity index (χ4v) is 4.41. The van der Waals surface area contributed by atoms with Gasteiger partial charge >= 0.3 is 12.1 Å². The van der Waals surface area contributed by atoms with Gasteiger partial charge in [-0.3, -0.25) is 9.97 Å². The van der Waals surface area contributed by atoms with Crippen LogP contribution in [0.3, 0.4) is 0 Å². The van der Waals surface area contributed by atoms with E-state index < -0.39 is 11.6 Å². The van der Waals surface area contributed by atoms with Crippen LogP contribution in [0.5, 0.6) is 0 Å². The van der Waals surface area contributed by atoms with Crippen LogP contribution in [-0.4, -0.2) is 44.1 Å². The first-order valence-electron chi connectivity index (χ1n) is 12.0. The van der Waals surface area contributed by atoms with Gasteiger partial charge in [0.2, 0.25) is 0 Å². The van der Waals surface area contributed by atoms with Gasteiger partial charge in [-0.2, -0.15) is 0 Å². The van der Waals surface area contributed by atoms with Crippen LogP contribution in [0.15, 0.2) is 48.9 Å². The molecule has 1 aliphatic heterocycles. The Bertz CT molecular complexity index is 1270. The van der Waals surface area contributed by atoms with Crippen molar-refractivity contribution >= 4 is 23.6 Å². The predicted octanol–water partition coefficient (Wildman–Crippen LogP) is 5.44. The number of pyridine rings is 1. The number of likely N-dealkylation sites (tertiary alicyclic amines) is 1. The molecule has 1 fully saturated rings. The first-order valence-corrected chi connectivity index (χ1v) is 12.0. The number of hydrogen-bond acceptors (Lipinski definition) is 6. The Morgan fingerprint density at radius 3 is 2.53 bits per heavy atom. The number of aromatic nitrogens is 3. The lowest BCUT2D eigenvalue weighted by Gasteiger charge is -2.29. The van der Waals surface area contributed by atoms with Gasteiger partial charge < -0.3 is 15.4 Å². The van der Waals surface area contributed by atoms with Crippen molar-refractivity contribution in [3.8, 4) is 11.3 Å². The minimum atomic E-state index is -0.679. The summed E-state index contributed by atoms with van der Waals surface area (Å²) in [6.45, 7) is 10.2. The molecule has 9 nitrogen and oxygen atoms in total. The maximum atomic E-state index is 12.8. The summed E-state index contributed by atoms with van der Waals surface area (Å²) >= 11 is 0. The lowest BCUT2D eigenvalue weighted by atomic mass is 9.96. The molecule has 0 radical (unpaired) electrons. The Balaban J connectivity index is 1.62. The van der Waals surface area contributed by atoms with Crippen molar-refractivity contribution in [1.29, 1.82) is 0 Å². The van der Waals surface area contributed by atoms with Gasteiger partial charge in [0, 0.05) is 17.8 Å². The molecule has 36 heavy (non-hydrogen) atoms. The van der Waals surface area contributed by atoms with Crippen LogP contribution >= 0.6 is 0 Å². The van der Waals surface area contributed by atoms with Crippen molar-refractivity contribution in [2.24, 2.45) is 5.73 Å². The molecular formula is C27H32N6O3. The number of urea groups is 1. The minimum absolute atomic E-state index is 0.0364. The molecule has 3 aromatic rings. The van der Waals surface area contributed by atoms with Gasteiger partial charge in [-0.15, -0.1) is 0 Å². The van der Waals surface area contributed by atoms with Gasteiger partial charge in [0.15, 0.2) is 5.82 Å². The van der Waals surface area contributed by atoms with E-state index in [-0.39, 0.29) is 12.1 Å². The highest BCUT2D eigenvalue weighted by molar-refractivity contribution is 5.97. The van der Waals surface area contributed by atoms with E-state index in [1.807, 2.05) is 57.7 Å². The van der Waals surface area contributed by atoms with E-state index in [1.165, 1.54) is 11.1 Å². The molecule has 0 bridgehead atoms. The minimum Gasteiger partial charge on any atom is -0.444 e. The maximum Gasteiger partial charge on any atom is 0.410 e. The second-order valence-electron chi connectivity index (χ2n) is 10.00. The van der Waals surface area contributed by atoms with E-state index in [1.54, 1.807) is 24.5 Å². The lowest BCUT2D eigenvalue weighted by molar-refractivity contribution is 0.0224. The van der Waals surface area contributed by atoms with Crippen LogP contribution in [0, 0.1) is 13.8 Å². The van der Waals surface area contributed by atoms with Crippen LogP contribution in [-0.2, 0) is 4.74 Å². The van der Waals surface area contributed by atoms with Gasteiger partial charge in [0.1, 0.15) is 5.60 Å². The third-order valence-corrected chi connectivity index (χ3v) is 6.03. The predicted molar refractivity (Wildman–Crippen MR) is 138 cm³/mol. The fraction of sp³-hybridized carbons (Fsp3) is 0.370. The Morgan fingerprint density at radius 1 is 1.11 bits per heavy atom. The van der Waals surface area contributed by atoms with Crippen molar-refractivity contribution in [2.75, 3.05) is 11.4 Å². The highest BCUT2D eigenvalue weighted by Crippen LogP contribution is 2.36. The molecule has 1 unspecified atom stereocenters. The van der Waals surface area contributed by atoms with E-state index in [9.17, 15) is 9.59 Å². The summed E-state index contributed by atoms with van der Waals surface area (Å²) in [6, 6.07) is 8.86. The zero-order valence-corrected chi connectivity index (χ0v) is 21.4. The van der Waals surface area contributed by atoms with Gasteiger partial charge in [0.25, 0.3) is 0 Å². The number of aryl methyl sites for hydroxylation is 2. The molecule has 4 rings (SSSR count). The van der Waals surface area contributed by atoms with Crippen molar-refractivity contribution in [3.63, 3.8) is 0 Å². The van der Waals surface area contributed by atoms with Crippen LogP contribution < -0.4 is 10.6 Å². The number of primary amides is 1. The molecule has 0 spiro atoms. The van der Waals surface area contributed by atoms with Gasteiger partial charge in [-0.25, -0.2) is 19.5 Å².